The van der Waals surface area contributed by atoms with Crippen LogP contribution in [0.2, 0.25) is 0 Å². The first-order valence-corrected chi connectivity index (χ1v) is 18.8. The number of hydrogen-bond acceptors (Lipinski definition) is 5. The third-order valence-corrected chi connectivity index (χ3v) is 11.1. The average Bonchev–Trinajstić information content (AvgIpc) is 3.85. The molecular weight excluding hydrogens is 687 g/mol. The Balaban J connectivity index is 1.08. The SMILES string of the molecule is c1ccc(-c2nc(-c3ccc4ccc5c6cccc(-c7cccc8oc9ccccc9c78)c6oc5c4c3)nc(-c3cc4ccccc4c4ccccc34)n2)cc1. The van der Waals surface area contributed by atoms with Gasteiger partial charge in [0.2, 0.25) is 0 Å². The van der Waals surface area contributed by atoms with Crippen LogP contribution in [0.25, 0.3) is 121 Å². The number of hydrogen-bond donors (Lipinski definition) is 0. The molecule has 0 atom stereocenters. The van der Waals surface area contributed by atoms with Gasteiger partial charge in [0.05, 0.1) is 0 Å². The topological polar surface area (TPSA) is 65.0 Å². The maximum Gasteiger partial charge on any atom is 0.164 e. The summed E-state index contributed by atoms with van der Waals surface area (Å²) in [4.78, 5) is 15.5. The van der Waals surface area contributed by atoms with Gasteiger partial charge < -0.3 is 8.83 Å². The molecule has 0 N–H and O–H groups in total. The highest BCUT2D eigenvalue weighted by Gasteiger charge is 2.20. The van der Waals surface area contributed by atoms with Crippen molar-refractivity contribution in [2.75, 3.05) is 0 Å². The second-order valence-electron chi connectivity index (χ2n) is 14.3. The van der Waals surface area contributed by atoms with E-state index in [9.17, 15) is 0 Å². The number of para-hydroxylation sites is 2. The molecule has 0 aliphatic heterocycles. The highest BCUT2D eigenvalue weighted by Crippen LogP contribution is 2.43. The van der Waals surface area contributed by atoms with Crippen molar-refractivity contribution in [1.82, 2.24) is 15.0 Å². The Bertz CT molecular complexity index is 3550. The number of aromatic nitrogens is 3. The van der Waals surface area contributed by atoms with Crippen molar-refractivity contribution in [3.8, 4) is 45.3 Å². The lowest BCUT2D eigenvalue weighted by Gasteiger charge is -2.12. The van der Waals surface area contributed by atoms with E-state index < -0.39 is 0 Å². The molecule has 9 aromatic carbocycles. The summed E-state index contributed by atoms with van der Waals surface area (Å²) in [6.45, 7) is 0. The van der Waals surface area contributed by atoms with Crippen LogP contribution in [0.3, 0.4) is 0 Å². The van der Waals surface area contributed by atoms with Gasteiger partial charge in [-0.25, -0.2) is 15.0 Å². The number of benzene rings is 9. The van der Waals surface area contributed by atoms with Gasteiger partial charge in [0.1, 0.15) is 22.3 Å². The molecule has 0 radical (unpaired) electrons. The van der Waals surface area contributed by atoms with Crippen molar-refractivity contribution in [3.05, 3.63) is 176 Å². The van der Waals surface area contributed by atoms with Crippen LogP contribution in [-0.2, 0) is 0 Å². The van der Waals surface area contributed by atoms with Crippen molar-refractivity contribution in [2.45, 2.75) is 0 Å². The highest BCUT2D eigenvalue weighted by atomic mass is 16.3. The van der Waals surface area contributed by atoms with E-state index in [0.29, 0.717) is 17.5 Å². The molecule has 260 valence electrons. The molecule has 5 heteroatoms. The van der Waals surface area contributed by atoms with Gasteiger partial charge in [0, 0.05) is 49.2 Å². The van der Waals surface area contributed by atoms with Crippen molar-refractivity contribution in [3.63, 3.8) is 0 Å². The fourth-order valence-electron chi connectivity index (χ4n) is 8.51. The molecule has 5 nitrogen and oxygen atoms in total. The third-order valence-electron chi connectivity index (χ3n) is 11.1. The quantitative estimate of drug-likeness (QED) is 0.170. The molecule has 0 unspecified atom stereocenters. The summed E-state index contributed by atoms with van der Waals surface area (Å²) in [5.74, 6) is 1.85. The first-order chi connectivity index (χ1) is 27.7. The van der Waals surface area contributed by atoms with E-state index in [2.05, 4.69) is 127 Å². The minimum Gasteiger partial charge on any atom is -0.456 e. The molecule has 3 heterocycles. The fourth-order valence-corrected chi connectivity index (χ4v) is 8.51. The predicted octanol–water partition coefficient (Wildman–Crippen LogP) is 13.8. The molecule has 0 saturated carbocycles. The maximum absolute atomic E-state index is 6.97. The number of fused-ring (bicyclic) bond motifs is 11. The Hall–Kier alpha value is -7.63. The van der Waals surface area contributed by atoms with Gasteiger partial charge in [-0.05, 0) is 62.8 Å². The van der Waals surface area contributed by atoms with E-state index in [1.165, 1.54) is 10.8 Å². The first kappa shape index (κ1) is 30.8. The van der Waals surface area contributed by atoms with Crippen LogP contribution in [0.15, 0.2) is 185 Å². The molecule has 3 aromatic heterocycles. The Labute approximate surface area is 320 Å². The molecule has 56 heavy (non-hydrogen) atoms. The molecule has 0 amide bonds. The van der Waals surface area contributed by atoms with Crippen LogP contribution in [0.5, 0.6) is 0 Å². The zero-order valence-corrected chi connectivity index (χ0v) is 29.9. The minimum absolute atomic E-state index is 0.598. The fraction of sp³-hybridized carbons (Fsp3) is 0. The summed E-state index contributed by atoms with van der Waals surface area (Å²) < 4.78 is 13.2. The molecule has 0 fully saturated rings. The van der Waals surface area contributed by atoms with Gasteiger partial charge >= 0.3 is 0 Å². The average molecular weight is 716 g/mol. The molecule has 12 aromatic rings. The van der Waals surface area contributed by atoms with Gasteiger partial charge in [-0.3, -0.25) is 0 Å². The Kier molecular flexibility index (Phi) is 6.56. The lowest BCUT2D eigenvalue weighted by atomic mass is 9.96. The van der Waals surface area contributed by atoms with Gasteiger partial charge in [0.25, 0.3) is 0 Å². The number of rotatable bonds is 4. The molecule has 0 spiro atoms. The lowest BCUT2D eigenvalue weighted by molar-refractivity contribution is 0.669. The first-order valence-electron chi connectivity index (χ1n) is 18.8. The number of furan rings is 2. The molecular formula is C51H29N3O2. The zero-order valence-electron chi connectivity index (χ0n) is 29.9. The van der Waals surface area contributed by atoms with Gasteiger partial charge in [0.15, 0.2) is 17.5 Å². The Morgan fingerprint density at radius 2 is 0.946 bits per heavy atom. The molecule has 0 aliphatic rings. The summed E-state index contributed by atoms with van der Waals surface area (Å²) in [5, 5.41) is 11.0. The van der Waals surface area contributed by atoms with Crippen LogP contribution < -0.4 is 0 Å². The maximum atomic E-state index is 6.97. The second-order valence-corrected chi connectivity index (χ2v) is 14.3. The van der Waals surface area contributed by atoms with Crippen LogP contribution >= 0.6 is 0 Å². The zero-order chi connectivity index (χ0) is 36.7. The van der Waals surface area contributed by atoms with E-state index >= 15 is 0 Å². The minimum atomic E-state index is 0.598. The standard InChI is InChI=1S/C51H29N3O2/c1-2-12-31(13-3-1)49-52-50(54-51(53-49)43-28-32-14-4-5-15-34(32)35-16-6-7-17-36(35)43)33-25-24-30-26-27-40-39-21-10-20-38(47(39)56-48(40)42(30)29-33)37-19-11-23-45-46(37)41-18-8-9-22-44(41)55-45/h1-29H. The molecule has 0 saturated heterocycles. The van der Waals surface area contributed by atoms with Crippen LogP contribution in [0, 0.1) is 0 Å². The van der Waals surface area contributed by atoms with Crippen molar-refractivity contribution in [2.24, 2.45) is 0 Å². The predicted molar refractivity (Wildman–Crippen MR) is 229 cm³/mol. The van der Waals surface area contributed by atoms with Crippen LogP contribution in [0.1, 0.15) is 0 Å². The molecule has 0 aliphatic carbocycles. The summed E-state index contributed by atoms with van der Waals surface area (Å²) in [6.07, 6.45) is 0. The third kappa shape index (κ3) is 4.64. The largest absolute Gasteiger partial charge is 0.456 e. The molecule has 12 rings (SSSR count). The lowest BCUT2D eigenvalue weighted by Crippen LogP contribution is -2.00. The van der Waals surface area contributed by atoms with E-state index in [1.807, 2.05) is 48.5 Å². The van der Waals surface area contributed by atoms with Crippen molar-refractivity contribution < 1.29 is 8.83 Å². The van der Waals surface area contributed by atoms with E-state index in [0.717, 1.165) is 93.2 Å². The smallest absolute Gasteiger partial charge is 0.164 e. The van der Waals surface area contributed by atoms with Gasteiger partial charge in [-0.1, -0.05) is 146 Å². The Morgan fingerprint density at radius 3 is 1.84 bits per heavy atom. The van der Waals surface area contributed by atoms with E-state index in [4.69, 9.17) is 23.8 Å². The summed E-state index contributed by atoms with van der Waals surface area (Å²) >= 11 is 0. The van der Waals surface area contributed by atoms with Crippen molar-refractivity contribution in [1.29, 1.82) is 0 Å². The van der Waals surface area contributed by atoms with Gasteiger partial charge in [-0.2, -0.15) is 0 Å². The van der Waals surface area contributed by atoms with Crippen LogP contribution in [-0.4, -0.2) is 15.0 Å². The summed E-state index contributed by atoms with van der Waals surface area (Å²) in [6, 6.07) is 60.9. The normalized spacial score (nSPS) is 11.9. The Morgan fingerprint density at radius 1 is 0.304 bits per heavy atom. The second kappa shape index (κ2) is 11.9. The van der Waals surface area contributed by atoms with E-state index in [1.54, 1.807) is 0 Å². The monoisotopic (exact) mass is 715 g/mol. The highest BCUT2D eigenvalue weighted by molar-refractivity contribution is 6.20. The van der Waals surface area contributed by atoms with Crippen LogP contribution in [0.4, 0.5) is 0 Å². The van der Waals surface area contributed by atoms with E-state index in [-0.39, 0.29) is 0 Å². The van der Waals surface area contributed by atoms with Gasteiger partial charge in [-0.15, -0.1) is 0 Å². The summed E-state index contributed by atoms with van der Waals surface area (Å²) in [5.41, 5.74) is 8.28. The van der Waals surface area contributed by atoms with Crippen molar-refractivity contribution >= 4 is 76.2 Å². The summed E-state index contributed by atoms with van der Waals surface area (Å²) in [7, 11) is 0. The number of nitrogens with zero attached hydrogens (tertiary/aromatic N) is 3. The molecule has 0 bridgehead atoms.